The van der Waals surface area contributed by atoms with Crippen LogP contribution in [0.4, 0.5) is 15.8 Å². The molecule has 0 saturated heterocycles. The third-order valence-electron chi connectivity index (χ3n) is 2.85. The van der Waals surface area contributed by atoms with E-state index < -0.39 is 5.82 Å². The molecule has 1 N–H and O–H groups in total. The smallest absolute Gasteiger partial charge is 0.147 e. The molecule has 0 unspecified atom stereocenters. The van der Waals surface area contributed by atoms with E-state index >= 15 is 0 Å². The Balaban J connectivity index is 2.40. The number of nitrogens with one attached hydrogen (secondary N) is 1. The first kappa shape index (κ1) is 14.2. The number of nitriles is 1. The predicted molar refractivity (Wildman–Crippen MR) is 77.1 cm³/mol. The molecule has 2 rings (SSSR count). The molecule has 0 radical (unpaired) electrons. The van der Waals surface area contributed by atoms with Crippen LogP contribution in [0.3, 0.4) is 0 Å². The van der Waals surface area contributed by atoms with Gasteiger partial charge in [-0.05, 0) is 36.8 Å². The quantitative estimate of drug-likeness (QED) is 0.910. The highest BCUT2D eigenvalue weighted by atomic mass is 35.5. The molecule has 102 valence electrons. The minimum atomic E-state index is -0.501. The van der Waals surface area contributed by atoms with Gasteiger partial charge in [0.25, 0.3) is 0 Å². The number of nitrogens with zero attached hydrogens (tertiary/aromatic N) is 1. The van der Waals surface area contributed by atoms with Crippen molar-refractivity contribution in [2.24, 2.45) is 0 Å². The van der Waals surface area contributed by atoms with E-state index in [4.69, 9.17) is 21.6 Å². The average Bonchev–Trinajstić information content (AvgIpc) is 2.44. The van der Waals surface area contributed by atoms with Crippen LogP contribution in [0, 0.1) is 24.1 Å². The maximum absolute atomic E-state index is 13.9. The first-order chi connectivity index (χ1) is 9.55. The Kier molecular flexibility index (Phi) is 4.11. The van der Waals surface area contributed by atoms with Crippen molar-refractivity contribution < 1.29 is 9.13 Å². The molecule has 0 spiro atoms. The SMILES string of the molecule is COc1cc(Cl)c(C)cc1Nc1ccc(C#N)cc1F. The zero-order chi connectivity index (χ0) is 14.7. The molecular weight excluding hydrogens is 279 g/mol. The molecule has 3 nitrogen and oxygen atoms in total. The van der Waals surface area contributed by atoms with Crippen molar-refractivity contribution in [1.29, 1.82) is 5.26 Å². The van der Waals surface area contributed by atoms with Gasteiger partial charge in [0, 0.05) is 11.1 Å². The van der Waals surface area contributed by atoms with Crippen molar-refractivity contribution in [3.8, 4) is 11.8 Å². The number of benzene rings is 2. The number of anilines is 2. The molecule has 0 aliphatic heterocycles. The van der Waals surface area contributed by atoms with Gasteiger partial charge >= 0.3 is 0 Å². The summed E-state index contributed by atoms with van der Waals surface area (Å²) in [5.74, 6) is 0.0167. The van der Waals surface area contributed by atoms with Crippen LogP contribution in [0.25, 0.3) is 0 Å². The summed E-state index contributed by atoms with van der Waals surface area (Å²) in [6.45, 7) is 1.85. The van der Waals surface area contributed by atoms with Crippen molar-refractivity contribution in [1.82, 2.24) is 0 Å². The summed E-state index contributed by atoms with van der Waals surface area (Å²) in [6, 6.07) is 9.56. The molecule has 20 heavy (non-hydrogen) atoms. The molecule has 0 heterocycles. The van der Waals surface area contributed by atoms with Crippen LogP contribution in [0.1, 0.15) is 11.1 Å². The largest absolute Gasteiger partial charge is 0.495 e. The number of aryl methyl sites for hydroxylation is 1. The van der Waals surface area contributed by atoms with Crippen LogP contribution < -0.4 is 10.1 Å². The summed E-state index contributed by atoms with van der Waals surface area (Å²) >= 11 is 6.02. The second kappa shape index (κ2) is 5.81. The van der Waals surface area contributed by atoms with Gasteiger partial charge in [0.1, 0.15) is 11.6 Å². The van der Waals surface area contributed by atoms with E-state index in [0.29, 0.717) is 16.5 Å². The van der Waals surface area contributed by atoms with Crippen LogP contribution >= 0.6 is 11.6 Å². The highest BCUT2D eigenvalue weighted by Gasteiger charge is 2.10. The molecule has 0 aromatic heterocycles. The lowest BCUT2D eigenvalue weighted by atomic mass is 10.1. The summed E-state index contributed by atoms with van der Waals surface area (Å²) in [7, 11) is 1.52. The normalized spacial score (nSPS) is 9.95. The van der Waals surface area contributed by atoms with Crippen molar-refractivity contribution in [2.75, 3.05) is 12.4 Å². The standard InChI is InChI=1S/C15H12ClFN2O/c1-9-5-14(15(20-2)7-11(9)16)19-13-4-3-10(8-18)6-12(13)17/h3-7,19H,1-2H3. The van der Waals surface area contributed by atoms with E-state index in [0.717, 1.165) is 5.56 Å². The second-order valence-corrected chi connectivity index (χ2v) is 4.64. The lowest BCUT2D eigenvalue weighted by Crippen LogP contribution is -1.98. The fraction of sp³-hybridized carbons (Fsp3) is 0.133. The van der Waals surface area contributed by atoms with E-state index in [9.17, 15) is 4.39 Å². The molecule has 2 aromatic carbocycles. The Morgan fingerprint density at radius 1 is 1.25 bits per heavy atom. The molecule has 0 bridgehead atoms. The molecule has 0 aliphatic rings. The van der Waals surface area contributed by atoms with Crippen LogP contribution in [0.2, 0.25) is 5.02 Å². The van der Waals surface area contributed by atoms with Gasteiger partial charge in [0.15, 0.2) is 0 Å². The third-order valence-corrected chi connectivity index (χ3v) is 3.26. The number of ether oxygens (including phenoxy) is 1. The van der Waals surface area contributed by atoms with Gasteiger partial charge < -0.3 is 10.1 Å². The van der Waals surface area contributed by atoms with Gasteiger partial charge in [-0.25, -0.2) is 4.39 Å². The number of methoxy groups -OCH3 is 1. The van der Waals surface area contributed by atoms with Gasteiger partial charge in [-0.3, -0.25) is 0 Å². The zero-order valence-corrected chi connectivity index (χ0v) is 11.8. The molecule has 0 atom stereocenters. The van der Waals surface area contributed by atoms with Crippen LogP contribution in [0.5, 0.6) is 5.75 Å². The minimum Gasteiger partial charge on any atom is -0.495 e. The van der Waals surface area contributed by atoms with Crippen LogP contribution in [-0.2, 0) is 0 Å². The van der Waals surface area contributed by atoms with Gasteiger partial charge in [0.05, 0.1) is 30.1 Å². The first-order valence-electron chi connectivity index (χ1n) is 5.86. The van der Waals surface area contributed by atoms with Crippen molar-refractivity contribution in [3.05, 3.63) is 52.3 Å². The average molecular weight is 291 g/mol. The maximum atomic E-state index is 13.9. The summed E-state index contributed by atoms with van der Waals surface area (Å²) in [5, 5.41) is 12.2. The summed E-state index contributed by atoms with van der Waals surface area (Å²) in [4.78, 5) is 0. The summed E-state index contributed by atoms with van der Waals surface area (Å²) in [6.07, 6.45) is 0. The maximum Gasteiger partial charge on any atom is 0.147 e. The van der Waals surface area contributed by atoms with E-state index in [2.05, 4.69) is 5.32 Å². The highest BCUT2D eigenvalue weighted by molar-refractivity contribution is 6.31. The minimum absolute atomic E-state index is 0.268. The zero-order valence-electron chi connectivity index (χ0n) is 11.0. The fourth-order valence-electron chi connectivity index (χ4n) is 1.76. The number of halogens is 2. The van der Waals surface area contributed by atoms with Gasteiger partial charge in [-0.1, -0.05) is 11.6 Å². The van der Waals surface area contributed by atoms with E-state index in [-0.39, 0.29) is 11.3 Å². The van der Waals surface area contributed by atoms with E-state index in [1.807, 2.05) is 13.0 Å². The predicted octanol–water partition coefficient (Wildman–Crippen LogP) is 4.41. The molecule has 0 saturated carbocycles. The lowest BCUT2D eigenvalue weighted by molar-refractivity contribution is 0.416. The first-order valence-corrected chi connectivity index (χ1v) is 6.23. The Morgan fingerprint density at radius 3 is 2.60 bits per heavy atom. The lowest BCUT2D eigenvalue weighted by Gasteiger charge is -2.13. The van der Waals surface area contributed by atoms with Crippen LogP contribution in [0.15, 0.2) is 30.3 Å². The van der Waals surface area contributed by atoms with Gasteiger partial charge in [-0.15, -0.1) is 0 Å². The second-order valence-electron chi connectivity index (χ2n) is 4.23. The van der Waals surface area contributed by atoms with Gasteiger partial charge in [-0.2, -0.15) is 5.26 Å². The molecule has 0 aliphatic carbocycles. The van der Waals surface area contributed by atoms with E-state index in [1.54, 1.807) is 18.2 Å². The van der Waals surface area contributed by atoms with Gasteiger partial charge in [0.2, 0.25) is 0 Å². The number of rotatable bonds is 3. The Labute approximate surface area is 121 Å². The summed E-state index contributed by atoms with van der Waals surface area (Å²) in [5.41, 5.74) is 2.00. The number of hydrogen-bond acceptors (Lipinski definition) is 3. The van der Waals surface area contributed by atoms with Crippen LogP contribution in [-0.4, -0.2) is 7.11 Å². The monoisotopic (exact) mass is 290 g/mol. The molecule has 0 amide bonds. The van der Waals surface area contributed by atoms with Crippen molar-refractivity contribution in [2.45, 2.75) is 6.92 Å². The summed E-state index contributed by atoms with van der Waals surface area (Å²) < 4.78 is 19.1. The third kappa shape index (κ3) is 2.84. The molecule has 5 heteroatoms. The Morgan fingerprint density at radius 2 is 2.00 bits per heavy atom. The topological polar surface area (TPSA) is 45.0 Å². The Bertz CT molecular complexity index is 695. The van der Waals surface area contributed by atoms with Crippen molar-refractivity contribution >= 4 is 23.0 Å². The molecular formula is C15H12ClFN2O. The molecule has 2 aromatic rings. The molecule has 0 fully saturated rings. The van der Waals surface area contributed by atoms with E-state index in [1.165, 1.54) is 19.2 Å². The van der Waals surface area contributed by atoms with Crippen molar-refractivity contribution in [3.63, 3.8) is 0 Å². The number of hydrogen-bond donors (Lipinski definition) is 1. The highest BCUT2D eigenvalue weighted by Crippen LogP contribution is 2.33. The Hall–Kier alpha value is -2.25. The fourth-order valence-corrected chi connectivity index (χ4v) is 1.91.